The zero-order valence-electron chi connectivity index (χ0n) is 12.1. The first-order chi connectivity index (χ1) is 7.90. The molecule has 0 saturated carbocycles. The molecular weight excluding hydrogens is 212 g/mol. The third-order valence-corrected chi connectivity index (χ3v) is 4.38. The molecule has 0 radical (unpaired) electrons. The highest BCUT2D eigenvalue weighted by Gasteiger charge is 2.40. The molecule has 0 aromatic rings. The van der Waals surface area contributed by atoms with Gasteiger partial charge in [0, 0.05) is 13.1 Å². The van der Waals surface area contributed by atoms with Crippen molar-refractivity contribution in [3.8, 4) is 0 Å². The zero-order valence-corrected chi connectivity index (χ0v) is 12.1. The van der Waals surface area contributed by atoms with Crippen LogP contribution in [0.4, 0.5) is 0 Å². The molecule has 3 nitrogen and oxygen atoms in total. The van der Waals surface area contributed by atoms with Gasteiger partial charge in [0.05, 0.1) is 5.54 Å². The lowest BCUT2D eigenvalue weighted by molar-refractivity contribution is -0.136. The van der Waals surface area contributed by atoms with E-state index in [1.54, 1.807) is 0 Å². The molecule has 0 bridgehead atoms. The summed E-state index contributed by atoms with van der Waals surface area (Å²) in [5.74, 6) is 0.253. The number of carbonyl (C=O) groups is 1. The van der Waals surface area contributed by atoms with E-state index >= 15 is 0 Å². The van der Waals surface area contributed by atoms with Crippen LogP contribution in [0.5, 0.6) is 0 Å². The third-order valence-electron chi connectivity index (χ3n) is 4.38. The van der Waals surface area contributed by atoms with Gasteiger partial charge in [0.1, 0.15) is 0 Å². The molecule has 3 heteroatoms. The van der Waals surface area contributed by atoms with Crippen LogP contribution in [0.3, 0.4) is 0 Å². The standard InChI is InChI=1S/C14H28N2O/c1-6-14(7-2)9-10-16(11-14)12(17)13(4,5)15-8-3/h15H,6-11H2,1-5H3. The van der Waals surface area contributed by atoms with Crippen LogP contribution in [0.1, 0.15) is 53.9 Å². The van der Waals surface area contributed by atoms with Gasteiger partial charge >= 0.3 is 0 Å². The lowest BCUT2D eigenvalue weighted by Gasteiger charge is -2.32. The molecule has 0 aromatic heterocycles. The van der Waals surface area contributed by atoms with Crippen molar-refractivity contribution in [1.29, 1.82) is 0 Å². The quantitative estimate of drug-likeness (QED) is 0.800. The van der Waals surface area contributed by atoms with Crippen LogP contribution in [0.2, 0.25) is 0 Å². The van der Waals surface area contributed by atoms with E-state index in [0.717, 1.165) is 26.1 Å². The summed E-state index contributed by atoms with van der Waals surface area (Å²) in [6.45, 7) is 13.2. The number of likely N-dealkylation sites (N-methyl/N-ethyl adjacent to an activating group) is 1. The number of rotatable bonds is 5. The van der Waals surface area contributed by atoms with Gasteiger partial charge in [-0.15, -0.1) is 0 Å². The predicted molar refractivity (Wildman–Crippen MR) is 72.0 cm³/mol. The summed E-state index contributed by atoms with van der Waals surface area (Å²) < 4.78 is 0. The van der Waals surface area contributed by atoms with Crippen LogP contribution >= 0.6 is 0 Å². The number of hydrogen-bond acceptors (Lipinski definition) is 2. The molecule has 1 fully saturated rings. The Labute approximate surface area is 106 Å². The summed E-state index contributed by atoms with van der Waals surface area (Å²) in [6.07, 6.45) is 3.51. The normalized spacial score (nSPS) is 19.7. The molecule has 1 rings (SSSR count). The Balaban J connectivity index is 2.68. The van der Waals surface area contributed by atoms with Crippen molar-refractivity contribution < 1.29 is 4.79 Å². The van der Waals surface area contributed by atoms with E-state index in [0.29, 0.717) is 5.41 Å². The van der Waals surface area contributed by atoms with Crippen molar-refractivity contribution >= 4 is 5.91 Å². The molecule has 1 amide bonds. The summed E-state index contributed by atoms with van der Waals surface area (Å²) in [5, 5.41) is 3.27. The molecule has 1 saturated heterocycles. The van der Waals surface area contributed by atoms with Crippen LogP contribution in [0.25, 0.3) is 0 Å². The summed E-state index contributed by atoms with van der Waals surface area (Å²) in [4.78, 5) is 14.5. The van der Waals surface area contributed by atoms with Crippen molar-refractivity contribution in [2.75, 3.05) is 19.6 Å². The first kappa shape index (κ1) is 14.5. The SMILES string of the molecule is CCNC(C)(C)C(=O)N1CCC(CC)(CC)C1. The Morgan fingerprint density at radius 3 is 2.29 bits per heavy atom. The topological polar surface area (TPSA) is 32.3 Å². The van der Waals surface area contributed by atoms with Crippen LogP contribution in [0.15, 0.2) is 0 Å². The molecule has 0 aliphatic carbocycles. The molecule has 0 atom stereocenters. The van der Waals surface area contributed by atoms with Gasteiger partial charge in [-0.25, -0.2) is 0 Å². The van der Waals surface area contributed by atoms with E-state index in [4.69, 9.17) is 0 Å². The second kappa shape index (κ2) is 5.38. The molecule has 1 aliphatic heterocycles. The van der Waals surface area contributed by atoms with Crippen LogP contribution in [0, 0.1) is 5.41 Å². The molecule has 0 unspecified atom stereocenters. The smallest absolute Gasteiger partial charge is 0.242 e. The maximum Gasteiger partial charge on any atom is 0.242 e. The first-order valence-electron chi connectivity index (χ1n) is 6.95. The minimum atomic E-state index is -0.424. The summed E-state index contributed by atoms with van der Waals surface area (Å²) in [6, 6.07) is 0. The van der Waals surface area contributed by atoms with Crippen LogP contribution in [-0.2, 0) is 4.79 Å². The van der Waals surface area contributed by atoms with E-state index in [1.165, 1.54) is 12.8 Å². The van der Waals surface area contributed by atoms with Gasteiger partial charge in [-0.3, -0.25) is 4.79 Å². The Bertz CT molecular complexity index is 269. The largest absolute Gasteiger partial charge is 0.341 e. The predicted octanol–water partition coefficient (Wildman–Crippen LogP) is 2.41. The fourth-order valence-electron chi connectivity index (χ4n) is 2.85. The summed E-state index contributed by atoms with van der Waals surface area (Å²) in [5.41, 5.74) is -0.0513. The van der Waals surface area contributed by atoms with Gasteiger partial charge < -0.3 is 10.2 Å². The zero-order chi connectivity index (χ0) is 13.1. The van der Waals surface area contributed by atoms with Gasteiger partial charge in [-0.05, 0) is 45.1 Å². The fraction of sp³-hybridized carbons (Fsp3) is 0.929. The Morgan fingerprint density at radius 1 is 1.29 bits per heavy atom. The number of likely N-dealkylation sites (tertiary alicyclic amines) is 1. The van der Waals surface area contributed by atoms with E-state index in [9.17, 15) is 4.79 Å². The van der Waals surface area contributed by atoms with Crippen molar-refractivity contribution in [3.05, 3.63) is 0 Å². The average molecular weight is 240 g/mol. The molecular formula is C14H28N2O. The van der Waals surface area contributed by atoms with Gasteiger partial charge in [0.2, 0.25) is 5.91 Å². The molecule has 17 heavy (non-hydrogen) atoms. The lowest BCUT2D eigenvalue weighted by atomic mass is 9.82. The highest BCUT2D eigenvalue weighted by atomic mass is 16.2. The van der Waals surface area contributed by atoms with Gasteiger partial charge in [-0.2, -0.15) is 0 Å². The number of nitrogens with zero attached hydrogens (tertiary/aromatic N) is 1. The number of nitrogens with one attached hydrogen (secondary N) is 1. The van der Waals surface area contributed by atoms with Gasteiger partial charge in [-0.1, -0.05) is 20.8 Å². The molecule has 100 valence electrons. The first-order valence-corrected chi connectivity index (χ1v) is 6.95. The monoisotopic (exact) mass is 240 g/mol. The van der Waals surface area contributed by atoms with Crippen molar-refractivity contribution in [2.24, 2.45) is 5.41 Å². The highest BCUT2D eigenvalue weighted by Crippen LogP contribution is 2.37. The Kier molecular flexibility index (Phi) is 4.59. The number of hydrogen-bond donors (Lipinski definition) is 1. The van der Waals surface area contributed by atoms with Crippen LogP contribution < -0.4 is 5.32 Å². The third kappa shape index (κ3) is 3.01. The van der Waals surface area contributed by atoms with E-state index in [1.807, 2.05) is 20.8 Å². The lowest BCUT2D eigenvalue weighted by Crippen LogP contribution is -2.53. The maximum atomic E-state index is 12.4. The highest BCUT2D eigenvalue weighted by molar-refractivity contribution is 5.85. The van der Waals surface area contributed by atoms with Gasteiger partial charge in [0.25, 0.3) is 0 Å². The summed E-state index contributed by atoms with van der Waals surface area (Å²) >= 11 is 0. The average Bonchev–Trinajstić information content (AvgIpc) is 2.73. The van der Waals surface area contributed by atoms with E-state index in [2.05, 4.69) is 24.1 Å². The summed E-state index contributed by atoms with van der Waals surface area (Å²) in [7, 11) is 0. The molecule has 0 aromatic carbocycles. The van der Waals surface area contributed by atoms with E-state index in [-0.39, 0.29) is 5.91 Å². The van der Waals surface area contributed by atoms with Crippen molar-refractivity contribution in [1.82, 2.24) is 10.2 Å². The Morgan fingerprint density at radius 2 is 1.88 bits per heavy atom. The van der Waals surface area contributed by atoms with Crippen molar-refractivity contribution in [3.63, 3.8) is 0 Å². The number of carbonyl (C=O) groups excluding carboxylic acids is 1. The molecule has 1 N–H and O–H groups in total. The fourth-order valence-corrected chi connectivity index (χ4v) is 2.85. The van der Waals surface area contributed by atoms with Gasteiger partial charge in [0.15, 0.2) is 0 Å². The Hall–Kier alpha value is -0.570. The minimum Gasteiger partial charge on any atom is -0.341 e. The molecule has 1 aliphatic rings. The van der Waals surface area contributed by atoms with Crippen LogP contribution in [-0.4, -0.2) is 36.0 Å². The second-order valence-corrected chi connectivity index (χ2v) is 5.84. The molecule has 1 heterocycles. The minimum absolute atomic E-state index is 0.253. The second-order valence-electron chi connectivity index (χ2n) is 5.84. The van der Waals surface area contributed by atoms with E-state index < -0.39 is 5.54 Å². The molecule has 0 spiro atoms. The number of amides is 1. The maximum absolute atomic E-state index is 12.4. The van der Waals surface area contributed by atoms with Crippen molar-refractivity contribution in [2.45, 2.75) is 59.4 Å².